The van der Waals surface area contributed by atoms with E-state index >= 15 is 0 Å². The quantitative estimate of drug-likeness (QED) is 0.393. The van der Waals surface area contributed by atoms with Gasteiger partial charge in [0.1, 0.15) is 18.8 Å². The number of aromatic nitrogens is 2. The van der Waals surface area contributed by atoms with Gasteiger partial charge in [-0.1, -0.05) is 41.9 Å². The number of ether oxygens (including phenoxy) is 3. The molecule has 5 N–H and O–H groups in total. The van der Waals surface area contributed by atoms with E-state index in [1.807, 2.05) is 30.3 Å². The minimum absolute atomic E-state index is 0.103. The zero-order valence-corrected chi connectivity index (χ0v) is 20.6. The van der Waals surface area contributed by atoms with Gasteiger partial charge in [-0.3, -0.25) is 10.5 Å². The van der Waals surface area contributed by atoms with E-state index in [0.29, 0.717) is 40.7 Å². The number of H-pyrrole nitrogens is 1. The predicted octanol–water partition coefficient (Wildman–Crippen LogP) is 1.68. The van der Waals surface area contributed by atoms with Gasteiger partial charge >= 0.3 is 0 Å². The predicted molar refractivity (Wildman–Crippen MR) is 136 cm³/mol. The number of pyridine rings is 1. The Morgan fingerprint density at radius 3 is 2.78 bits per heavy atom. The number of amides is 1. The molecule has 2 saturated heterocycles. The number of nitrogens with one attached hydrogen (secondary N) is 1. The topological polar surface area (TPSA) is 143 Å². The molecule has 2 aromatic heterocycles. The van der Waals surface area contributed by atoms with Crippen molar-refractivity contribution in [3.8, 4) is 17.1 Å². The van der Waals surface area contributed by atoms with Crippen LogP contribution in [0.4, 0.5) is 0 Å². The summed E-state index contributed by atoms with van der Waals surface area (Å²) in [6, 6.07) is 11.6. The molecule has 11 heteroatoms. The molecule has 0 aliphatic carbocycles. The van der Waals surface area contributed by atoms with Gasteiger partial charge in [0, 0.05) is 24.7 Å². The van der Waals surface area contributed by atoms with Crippen LogP contribution in [0.15, 0.2) is 42.5 Å². The van der Waals surface area contributed by atoms with Gasteiger partial charge in [0.15, 0.2) is 17.7 Å². The van der Waals surface area contributed by atoms with Gasteiger partial charge in [0.25, 0.3) is 0 Å². The van der Waals surface area contributed by atoms with Gasteiger partial charge in [-0.05, 0) is 23.6 Å². The van der Waals surface area contributed by atoms with E-state index in [2.05, 4.69) is 4.98 Å². The molecule has 6 rings (SSSR count). The summed E-state index contributed by atoms with van der Waals surface area (Å²) in [4.78, 5) is 21.3. The SMILES string of the molecule is N[C@]12OC[C@@H](O)[C@H]1OC[C@H]2Oc1cc2nc(-c3ccc(C4=CCN(C(=O)CO)CC4)cc3)c(Cl)cc2[nH]1. The summed E-state index contributed by atoms with van der Waals surface area (Å²) < 4.78 is 17.3. The lowest BCUT2D eigenvalue weighted by molar-refractivity contribution is -0.133. The number of halogens is 1. The summed E-state index contributed by atoms with van der Waals surface area (Å²) in [6.45, 7) is 0.912. The normalized spacial score (nSPS) is 27.4. The van der Waals surface area contributed by atoms with Crippen LogP contribution >= 0.6 is 11.6 Å². The van der Waals surface area contributed by atoms with Crippen LogP contribution in [0.1, 0.15) is 12.0 Å². The Labute approximate surface area is 217 Å². The van der Waals surface area contributed by atoms with Crippen molar-refractivity contribution in [2.45, 2.75) is 30.5 Å². The number of hydrogen-bond donors (Lipinski definition) is 4. The largest absolute Gasteiger partial charge is 0.468 e. The Hall–Kier alpha value is -2.99. The number of nitrogens with zero attached hydrogens (tertiary/aromatic N) is 2. The van der Waals surface area contributed by atoms with E-state index in [1.165, 1.54) is 0 Å². The third-order valence-corrected chi connectivity index (χ3v) is 7.54. The molecule has 194 valence electrons. The molecule has 0 radical (unpaired) electrons. The lowest BCUT2D eigenvalue weighted by Gasteiger charge is -2.27. The highest BCUT2D eigenvalue weighted by atomic mass is 35.5. The number of fused-ring (bicyclic) bond motifs is 2. The van der Waals surface area contributed by atoms with Crippen molar-refractivity contribution in [3.05, 3.63) is 53.1 Å². The number of aliphatic hydroxyl groups is 2. The highest BCUT2D eigenvalue weighted by Crippen LogP contribution is 2.37. The van der Waals surface area contributed by atoms with E-state index < -0.39 is 30.6 Å². The summed E-state index contributed by atoms with van der Waals surface area (Å²) in [5, 5.41) is 19.6. The number of hydrogen-bond acceptors (Lipinski definition) is 8. The van der Waals surface area contributed by atoms with Crippen molar-refractivity contribution in [2.24, 2.45) is 5.73 Å². The van der Waals surface area contributed by atoms with Gasteiger partial charge in [0.2, 0.25) is 5.91 Å². The Morgan fingerprint density at radius 1 is 1.27 bits per heavy atom. The molecule has 4 atom stereocenters. The monoisotopic (exact) mass is 526 g/mol. The molecule has 3 aliphatic heterocycles. The number of carbonyl (C=O) groups excluding carboxylic acids is 1. The van der Waals surface area contributed by atoms with Gasteiger partial charge in [0.05, 0.1) is 35.0 Å². The first kappa shape index (κ1) is 24.4. The number of aliphatic hydroxyl groups excluding tert-OH is 2. The van der Waals surface area contributed by atoms with Crippen LogP contribution in [0.5, 0.6) is 5.88 Å². The Balaban J connectivity index is 1.20. The average molecular weight is 527 g/mol. The van der Waals surface area contributed by atoms with E-state index in [9.17, 15) is 9.90 Å². The minimum atomic E-state index is -1.21. The van der Waals surface area contributed by atoms with E-state index in [0.717, 1.165) is 23.1 Å². The highest BCUT2D eigenvalue weighted by Gasteiger charge is 2.59. The maximum atomic E-state index is 11.7. The summed E-state index contributed by atoms with van der Waals surface area (Å²) in [7, 11) is 0. The maximum absolute atomic E-state index is 11.7. The molecule has 3 aliphatic rings. The second kappa shape index (κ2) is 9.39. The lowest BCUT2D eigenvalue weighted by Crippen LogP contribution is -2.57. The maximum Gasteiger partial charge on any atom is 0.248 e. The van der Waals surface area contributed by atoms with Crippen LogP contribution in [0.2, 0.25) is 5.02 Å². The van der Waals surface area contributed by atoms with Gasteiger partial charge < -0.3 is 34.3 Å². The van der Waals surface area contributed by atoms with Gasteiger partial charge in [-0.25, -0.2) is 4.98 Å². The molecule has 0 bridgehead atoms. The fourth-order valence-electron chi connectivity index (χ4n) is 5.19. The Morgan fingerprint density at radius 2 is 2.05 bits per heavy atom. The molecule has 37 heavy (non-hydrogen) atoms. The van der Waals surface area contributed by atoms with Gasteiger partial charge in [-0.2, -0.15) is 0 Å². The van der Waals surface area contributed by atoms with Crippen LogP contribution in [0, 0.1) is 0 Å². The zero-order valence-electron chi connectivity index (χ0n) is 19.9. The first-order valence-corrected chi connectivity index (χ1v) is 12.5. The van der Waals surface area contributed by atoms with Crippen molar-refractivity contribution in [1.82, 2.24) is 14.9 Å². The standard InChI is InChI=1S/C26H27ClN4O6/c27-17-9-18-19(10-22(29-18)37-21-13-35-25-20(33)12-36-26(21,25)28)30-24(17)16-3-1-14(2-4-16)15-5-7-31(8-6-15)23(34)11-32/h1-5,9-10,20-21,25,29,32-33H,6-8,11-13,28H2/t20-,21-,25-,26-/m1/s1. The van der Waals surface area contributed by atoms with Crippen molar-refractivity contribution in [2.75, 3.05) is 32.9 Å². The van der Waals surface area contributed by atoms with Crippen molar-refractivity contribution >= 4 is 34.1 Å². The fourth-order valence-corrected chi connectivity index (χ4v) is 5.45. The van der Waals surface area contributed by atoms with E-state index in [-0.39, 0.29) is 19.1 Å². The number of benzene rings is 1. The molecule has 10 nitrogen and oxygen atoms in total. The molecule has 2 fully saturated rings. The number of carbonyl (C=O) groups is 1. The fraction of sp³-hybridized carbons (Fsp3) is 0.385. The Kier molecular flexibility index (Phi) is 6.18. The molecular weight excluding hydrogens is 500 g/mol. The highest BCUT2D eigenvalue weighted by molar-refractivity contribution is 6.33. The number of nitrogens with two attached hydrogens (primary N) is 1. The molecule has 1 aromatic carbocycles. The molecule has 5 heterocycles. The van der Waals surface area contributed by atoms with Crippen molar-refractivity contribution in [3.63, 3.8) is 0 Å². The van der Waals surface area contributed by atoms with Crippen LogP contribution < -0.4 is 10.5 Å². The summed E-state index contributed by atoms with van der Waals surface area (Å²) >= 11 is 6.60. The van der Waals surface area contributed by atoms with Gasteiger partial charge in [-0.15, -0.1) is 0 Å². The molecule has 0 unspecified atom stereocenters. The molecule has 1 amide bonds. The van der Waals surface area contributed by atoms with Crippen LogP contribution in [-0.4, -0.2) is 87.9 Å². The summed E-state index contributed by atoms with van der Waals surface area (Å²) in [5.74, 6) is 0.196. The molecule has 0 saturated carbocycles. The number of rotatable bonds is 5. The molecule has 3 aromatic rings. The minimum Gasteiger partial charge on any atom is -0.468 e. The van der Waals surface area contributed by atoms with Crippen molar-refractivity contribution in [1.29, 1.82) is 0 Å². The third-order valence-electron chi connectivity index (χ3n) is 7.26. The lowest BCUT2D eigenvalue weighted by atomic mass is 9.97. The average Bonchev–Trinajstić information content (AvgIpc) is 3.55. The summed E-state index contributed by atoms with van der Waals surface area (Å²) in [6.07, 6.45) is 0.743. The smallest absolute Gasteiger partial charge is 0.248 e. The third kappa shape index (κ3) is 4.29. The second-order valence-electron chi connectivity index (χ2n) is 9.53. The number of aromatic amines is 1. The van der Waals surface area contributed by atoms with Crippen LogP contribution in [0.25, 0.3) is 27.9 Å². The van der Waals surface area contributed by atoms with E-state index in [4.69, 9.17) is 41.6 Å². The molecule has 0 spiro atoms. The first-order chi connectivity index (χ1) is 17.9. The summed E-state index contributed by atoms with van der Waals surface area (Å²) in [5.41, 5.74) is 10.3. The Bertz CT molecular complexity index is 1380. The van der Waals surface area contributed by atoms with E-state index in [1.54, 1.807) is 17.0 Å². The first-order valence-electron chi connectivity index (χ1n) is 12.1. The zero-order chi connectivity index (χ0) is 25.7. The van der Waals surface area contributed by atoms with Crippen LogP contribution in [0.3, 0.4) is 0 Å². The second-order valence-corrected chi connectivity index (χ2v) is 9.94. The van der Waals surface area contributed by atoms with Crippen LogP contribution in [-0.2, 0) is 14.3 Å². The van der Waals surface area contributed by atoms with Crippen molar-refractivity contribution < 1.29 is 29.2 Å². The molecular formula is C26H27ClN4O6.